The van der Waals surface area contributed by atoms with Gasteiger partial charge in [-0.05, 0) is 37.3 Å². The lowest BCUT2D eigenvalue weighted by atomic mass is 9.86. The quantitative estimate of drug-likeness (QED) is 0.772. The summed E-state index contributed by atoms with van der Waals surface area (Å²) in [6.45, 7) is 6.19. The zero-order chi connectivity index (χ0) is 20.2. The Kier molecular flexibility index (Phi) is 6.60. The molecular formula is C22H30FN3O3. The van der Waals surface area contributed by atoms with Gasteiger partial charge in [-0.15, -0.1) is 0 Å². The van der Waals surface area contributed by atoms with Gasteiger partial charge < -0.3 is 14.8 Å². The fourth-order valence-corrected chi connectivity index (χ4v) is 4.88. The molecule has 0 amide bonds. The van der Waals surface area contributed by atoms with Crippen molar-refractivity contribution in [1.29, 1.82) is 0 Å². The second-order valence-corrected chi connectivity index (χ2v) is 8.19. The van der Waals surface area contributed by atoms with E-state index in [0.29, 0.717) is 23.9 Å². The van der Waals surface area contributed by atoms with Crippen LogP contribution < -0.4 is 5.43 Å². The van der Waals surface area contributed by atoms with Crippen molar-refractivity contribution in [2.75, 3.05) is 46.0 Å². The van der Waals surface area contributed by atoms with E-state index in [2.05, 4.69) is 14.8 Å². The molecule has 0 aliphatic carbocycles. The van der Waals surface area contributed by atoms with Crippen LogP contribution in [-0.2, 0) is 11.3 Å². The molecule has 7 heteroatoms. The average Bonchev–Trinajstić information content (AvgIpc) is 2.74. The van der Waals surface area contributed by atoms with Crippen LogP contribution in [0.1, 0.15) is 25.0 Å². The van der Waals surface area contributed by atoms with E-state index in [1.807, 2.05) is 0 Å². The Bertz CT molecular complexity index is 881. The van der Waals surface area contributed by atoms with Gasteiger partial charge in [-0.3, -0.25) is 14.6 Å². The summed E-state index contributed by atoms with van der Waals surface area (Å²) in [5.41, 5.74) is 0.890. The molecule has 2 N–H and O–H groups in total. The molecule has 1 aromatic heterocycles. The van der Waals surface area contributed by atoms with Gasteiger partial charge in [0.2, 0.25) is 0 Å². The predicted octanol–water partition coefficient (Wildman–Crippen LogP) is 1.96. The van der Waals surface area contributed by atoms with E-state index in [4.69, 9.17) is 4.74 Å². The number of nitrogens with zero attached hydrogens (tertiary/aromatic N) is 2. The number of fused-ring (bicyclic) bond motifs is 1. The fraction of sp³-hybridized carbons (Fsp3) is 0.591. The number of aliphatic hydroxyl groups is 1. The maximum atomic E-state index is 14.2. The first kappa shape index (κ1) is 20.5. The molecule has 2 aliphatic rings. The van der Waals surface area contributed by atoms with Crippen LogP contribution in [0.15, 0.2) is 29.1 Å². The molecule has 158 valence electrons. The van der Waals surface area contributed by atoms with Crippen LogP contribution in [0.25, 0.3) is 10.9 Å². The minimum atomic E-state index is -0.395. The molecule has 2 unspecified atom stereocenters. The van der Waals surface area contributed by atoms with Crippen LogP contribution in [-0.4, -0.2) is 71.9 Å². The first-order valence-corrected chi connectivity index (χ1v) is 10.6. The van der Waals surface area contributed by atoms with Crippen molar-refractivity contribution < 1.29 is 14.2 Å². The lowest BCUT2D eigenvalue weighted by Gasteiger charge is -2.45. The number of piperidine rings is 1. The number of para-hydroxylation sites is 1. The number of hydrogen-bond acceptors (Lipinski definition) is 5. The van der Waals surface area contributed by atoms with E-state index in [1.165, 1.54) is 6.07 Å². The highest BCUT2D eigenvalue weighted by Crippen LogP contribution is 2.28. The zero-order valence-corrected chi connectivity index (χ0v) is 16.8. The van der Waals surface area contributed by atoms with Crippen molar-refractivity contribution in [3.05, 3.63) is 46.0 Å². The minimum absolute atomic E-state index is 0.145. The molecule has 2 saturated heterocycles. The van der Waals surface area contributed by atoms with Gasteiger partial charge in [0.1, 0.15) is 5.82 Å². The molecule has 2 fully saturated rings. The van der Waals surface area contributed by atoms with Crippen molar-refractivity contribution in [1.82, 2.24) is 14.8 Å². The lowest BCUT2D eigenvalue weighted by Crippen LogP contribution is -2.53. The van der Waals surface area contributed by atoms with Gasteiger partial charge in [0, 0.05) is 62.5 Å². The van der Waals surface area contributed by atoms with Crippen molar-refractivity contribution in [2.24, 2.45) is 5.92 Å². The first-order valence-electron chi connectivity index (χ1n) is 10.6. The standard InChI is InChI=1S/C22H30FN3O3/c23-19-5-1-4-18-21(28)13-17(24-22(18)19)15-25-7-6-20(16(14-25)3-2-10-27)26-8-11-29-12-9-26/h1,4-5,13,16,20,27H,2-3,6-12,14-15H2,(H,24,28). The minimum Gasteiger partial charge on any atom is -0.396 e. The maximum Gasteiger partial charge on any atom is 0.189 e. The Balaban J connectivity index is 1.49. The molecule has 0 bridgehead atoms. The number of halogens is 1. The number of aromatic nitrogens is 1. The number of pyridine rings is 1. The Labute approximate surface area is 170 Å². The molecule has 1 aromatic carbocycles. The molecule has 0 radical (unpaired) electrons. The van der Waals surface area contributed by atoms with Crippen LogP contribution in [0.3, 0.4) is 0 Å². The van der Waals surface area contributed by atoms with Crippen molar-refractivity contribution in [2.45, 2.75) is 31.8 Å². The van der Waals surface area contributed by atoms with Crippen LogP contribution >= 0.6 is 0 Å². The van der Waals surface area contributed by atoms with Crippen LogP contribution in [0.4, 0.5) is 4.39 Å². The highest BCUT2D eigenvalue weighted by atomic mass is 19.1. The summed E-state index contributed by atoms with van der Waals surface area (Å²) in [5, 5.41) is 9.72. The van der Waals surface area contributed by atoms with E-state index < -0.39 is 5.82 Å². The van der Waals surface area contributed by atoms with E-state index in [-0.39, 0.29) is 17.6 Å². The normalized spacial score (nSPS) is 24.2. The smallest absolute Gasteiger partial charge is 0.189 e. The Morgan fingerprint density at radius 1 is 1.24 bits per heavy atom. The molecular weight excluding hydrogens is 373 g/mol. The van der Waals surface area contributed by atoms with Crippen molar-refractivity contribution >= 4 is 10.9 Å². The zero-order valence-electron chi connectivity index (χ0n) is 16.8. The summed E-state index contributed by atoms with van der Waals surface area (Å²) in [6.07, 6.45) is 2.84. The van der Waals surface area contributed by atoms with E-state index in [1.54, 1.807) is 18.2 Å². The number of hydrogen-bond donors (Lipinski definition) is 2. The Morgan fingerprint density at radius 3 is 2.86 bits per heavy atom. The maximum absolute atomic E-state index is 14.2. The fourth-order valence-electron chi connectivity index (χ4n) is 4.88. The summed E-state index contributed by atoms with van der Waals surface area (Å²) < 4.78 is 19.7. The highest BCUT2D eigenvalue weighted by Gasteiger charge is 2.33. The van der Waals surface area contributed by atoms with E-state index >= 15 is 0 Å². The second kappa shape index (κ2) is 9.34. The molecule has 0 spiro atoms. The number of H-pyrrole nitrogens is 1. The highest BCUT2D eigenvalue weighted by molar-refractivity contribution is 5.78. The largest absolute Gasteiger partial charge is 0.396 e. The number of ether oxygens (including phenoxy) is 1. The lowest BCUT2D eigenvalue weighted by molar-refractivity contribution is -0.0232. The number of aliphatic hydroxyl groups excluding tert-OH is 1. The monoisotopic (exact) mass is 403 g/mol. The molecule has 2 atom stereocenters. The van der Waals surface area contributed by atoms with E-state index in [9.17, 15) is 14.3 Å². The number of rotatable bonds is 6. The summed E-state index contributed by atoms with van der Waals surface area (Å²) in [5.74, 6) is 0.0752. The number of likely N-dealkylation sites (tertiary alicyclic amines) is 1. The summed E-state index contributed by atoms with van der Waals surface area (Å²) >= 11 is 0. The van der Waals surface area contributed by atoms with Crippen LogP contribution in [0, 0.1) is 11.7 Å². The third kappa shape index (κ3) is 4.69. The summed E-state index contributed by atoms with van der Waals surface area (Å²) in [6, 6.07) is 6.70. The summed E-state index contributed by atoms with van der Waals surface area (Å²) in [4.78, 5) is 20.4. The molecule has 3 heterocycles. The van der Waals surface area contributed by atoms with Crippen LogP contribution in [0.5, 0.6) is 0 Å². The van der Waals surface area contributed by atoms with E-state index in [0.717, 1.165) is 64.3 Å². The average molecular weight is 403 g/mol. The molecule has 29 heavy (non-hydrogen) atoms. The summed E-state index contributed by atoms with van der Waals surface area (Å²) in [7, 11) is 0. The van der Waals surface area contributed by atoms with Gasteiger partial charge in [0.05, 0.1) is 18.7 Å². The molecule has 2 aromatic rings. The predicted molar refractivity (Wildman–Crippen MR) is 110 cm³/mol. The Morgan fingerprint density at radius 2 is 2.07 bits per heavy atom. The SMILES string of the molecule is O=c1cc(CN2CCC(N3CCOCC3)C(CCCO)C2)[nH]c2c(F)cccc12. The molecule has 2 aliphatic heterocycles. The van der Waals surface area contributed by atoms with Crippen LogP contribution in [0.2, 0.25) is 0 Å². The molecule has 0 saturated carbocycles. The number of benzene rings is 1. The van der Waals surface area contributed by atoms with Gasteiger partial charge in [-0.1, -0.05) is 6.07 Å². The van der Waals surface area contributed by atoms with Crippen molar-refractivity contribution in [3.8, 4) is 0 Å². The number of nitrogens with one attached hydrogen (secondary N) is 1. The topological polar surface area (TPSA) is 68.8 Å². The second-order valence-electron chi connectivity index (χ2n) is 8.19. The van der Waals surface area contributed by atoms with Crippen molar-refractivity contribution in [3.63, 3.8) is 0 Å². The third-order valence-corrected chi connectivity index (χ3v) is 6.29. The molecule has 4 rings (SSSR count). The molecule has 6 nitrogen and oxygen atoms in total. The number of morpholine rings is 1. The van der Waals surface area contributed by atoms with Gasteiger partial charge in [0.25, 0.3) is 0 Å². The van der Waals surface area contributed by atoms with Gasteiger partial charge in [-0.2, -0.15) is 0 Å². The Hall–Kier alpha value is -1.80. The van der Waals surface area contributed by atoms with Gasteiger partial charge in [-0.25, -0.2) is 4.39 Å². The first-order chi connectivity index (χ1) is 14.2. The van der Waals surface area contributed by atoms with Gasteiger partial charge >= 0.3 is 0 Å². The third-order valence-electron chi connectivity index (χ3n) is 6.29. The van der Waals surface area contributed by atoms with Gasteiger partial charge in [0.15, 0.2) is 5.43 Å². The number of aromatic amines is 1.